The van der Waals surface area contributed by atoms with Gasteiger partial charge in [-0.3, -0.25) is 4.79 Å². The third-order valence-electron chi connectivity index (χ3n) is 1.42. The van der Waals surface area contributed by atoms with Gasteiger partial charge in [-0.05, 0) is 11.6 Å². The van der Waals surface area contributed by atoms with Crippen LogP contribution in [0.4, 0.5) is 0 Å². The van der Waals surface area contributed by atoms with Crippen molar-refractivity contribution in [2.45, 2.75) is 0 Å². The Balaban J connectivity index is 2.48. The zero-order valence-electron chi connectivity index (χ0n) is 7.34. The standard InChI is InChI=1S/C10H9NO3/c12-8-11-14-10(13)7-6-9-4-2-1-3-5-9/h1-8H,(H,11,12)/b7-6+. The fraction of sp³-hybridized carbons (Fsp3) is 0. The van der Waals surface area contributed by atoms with Crippen LogP contribution in [0, 0.1) is 0 Å². The molecule has 0 saturated heterocycles. The third-order valence-corrected chi connectivity index (χ3v) is 1.42. The summed E-state index contributed by atoms with van der Waals surface area (Å²) < 4.78 is 0. The molecule has 0 atom stereocenters. The molecule has 1 N–H and O–H groups in total. The van der Waals surface area contributed by atoms with Gasteiger partial charge in [0, 0.05) is 6.08 Å². The molecule has 0 unspecified atom stereocenters. The van der Waals surface area contributed by atoms with E-state index in [9.17, 15) is 9.59 Å². The number of benzene rings is 1. The molecular formula is C10H9NO3. The third kappa shape index (κ3) is 3.53. The summed E-state index contributed by atoms with van der Waals surface area (Å²) in [5.74, 6) is -0.624. The largest absolute Gasteiger partial charge is 0.355 e. The second-order valence-corrected chi connectivity index (χ2v) is 2.40. The number of nitrogens with one attached hydrogen (secondary N) is 1. The predicted molar refractivity (Wildman–Crippen MR) is 50.8 cm³/mol. The van der Waals surface area contributed by atoms with Gasteiger partial charge in [0.1, 0.15) is 0 Å². The van der Waals surface area contributed by atoms with Gasteiger partial charge in [0.25, 0.3) is 0 Å². The minimum atomic E-state index is -0.624. The van der Waals surface area contributed by atoms with Crippen LogP contribution in [-0.2, 0) is 14.4 Å². The lowest BCUT2D eigenvalue weighted by molar-refractivity contribution is -0.149. The molecule has 0 aromatic heterocycles. The van der Waals surface area contributed by atoms with E-state index in [0.29, 0.717) is 0 Å². The molecule has 14 heavy (non-hydrogen) atoms. The van der Waals surface area contributed by atoms with Gasteiger partial charge in [-0.1, -0.05) is 30.3 Å². The van der Waals surface area contributed by atoms with Crippen LogP contribution in [-0.4, -0.2) is 12.4 Å². The fourth-order valence-corrected chi connectivity index (χ4v) is 0.845. The Bertz CT molecular complexity index is 332. The first-order chi connectivity index (χ1) is 6.83. The first-order valence-corrected chi connectivity index (χ1v) is 3.96. The van der Waals surface area contributed by atoms with Crippen molar-refractivity contribution in [3.05, 3.63) is 42.0 Å². The van der Waals surface area contributed by atoms with Crippen molar-refractivity contribution < 1.29 is 14.4 Å². The van der Waals surface area contributed by atoms with Crippen LogP contribution in [0.25, 0.3) is 6.08 Å². The molecule has 0 aliphatic heterocycles. The van der Waals surface area contributed by atoms with Crippen molar-refractivity contribution in [3.63, 3.8) is 0 Å². The lowest BCUT2D eigenvalue weighted by atomic mass is 10.2. The number of hydrogen-bond acceptors (Lipinski definition) is 3. The van der Waals surface area contributed by atoms with E-state index >= 15 is 0 Å². The lowest BCUT2D eigenvalue weighted by Crippen LogP contribution is -2.15. The molecule has 0 saturated carbocycles. The zero-order valence-corrected chi connectivity index (χ0v) is 7.34. The molecule has 0 fully saturated rings. The molecule has 0 aliphatic rings. The van der Waals surface area contributed by atoms with Crippen LogP contribution in [0.5, 0.6) is 0 Å². The molecule has 0 aliphatic carbocycles. The van der Waals surface area contributed by atoms with Crippen molar-refractivity contribution in [1.29, 1.82) is 0 Å². The quantitative estimate of drug-likeness (QED) is 0.437. The van der Waals surface area contributed by atoms with E-state index in [0.717, 1.165) is 5.56 Å². The van der Waals surface area contributed by atoms with E-state index in [1.54, 1.807) is 11.6 Å². The van der Waals surface area contributed by atoms with E-state index in [1.807, 2.05) is 30.3 Å². The Morgan fingerprint density at radius 2 is 2.00 bits per heavy atom. The van der Waals surface area contributed by atoms with E-state index in [4.69, 9.17) is 0 Å². The van der Waals surface area contributed by atoms with Crippen molar-refractivity contribution in [2.24, 2.45) is 0 Å². The van der Waals surface area contributed by atoms with Crippen LogP contribution in [0.15, 0.2) is 36.4 Å². The lowest BCUT2D eigenvalue weighted by Gasteiger charge is -1.94. The summed E-state index contributed by atoms with van der Waals surface area (Å²) in [6, 6.07) is 9.28. The molecule has 72 valence electrons. The highest BCUT2D eigenvalue weighted by Crippen LogP contribution is 2.00. The Morgan fingerprint density at radius 1 is 1.29 bits per heavy atom. The molecule has 4 nitrogen and oxygen atoms in total. The minimum absolute atomic E-state index is 0.286. The molecule has 1 aromatic carbocycles. The van der Waals surface area contributed by atoms with Gasteiger partial charge in [0.15, 0.2) is 0 Å². The van der Waals surface area contributed by atoms with Gasteiger partial charge in [-0.2, -0.15) is 5.48 Å². The maximum Gasteiger partial charge on any atom is 0.355 e. The topological polar surface area (TPSA) is 55.4 Å². The van der Waals surface area contributed by atoms with Gasteiger partial charge < -0.3 is 4.84 Å². The average Bonchev–Trinajstić information content (AvgIpc) is 2.25. The van der Waals surface area contributed by atoms with E-state index < -0.39 is 5.97 Å². The number of amides is 1. The van der Waals surface area contributed by atoms with Gasteiger partial charge in [0.05, 0.1) is 0 Å². The maximum absolute atomic E-state index is 10.8. The highest BCUT2D eigenvalue weighted by Gasteiger charge is 1.94. The molecule has 0 bridgehead atoms. The zero-order chi connectivity index (χ0) is 10.2. The van der Waals surface area contributed by atoms with Crippen LogP contribution in [0.1, 0.15) is 5.56 Å². The SMILES string of the molecule is O=CNOC(=O)/C=C/c1ccccc1. The van der Waals surface area contributed by atoms with Crippen LogP contribution >= 0.6 is 0 Å². The number of hydrogen-bond donors (Lipinski definition) is 1. The predicted octanol–water partition coefficient (Wildman–Crippen LogP) is 0.904. The fourth-order valence-electron chi connectivity index (χ4n) is 0.845. The summed E-state index contributed by atoms with van der Waals surface area (Å²) in [5, 5.41) is 0. The van der Waals surface area contributed by atoms with Crippen molar-refractivity contribution in [2.75, 3.05) is 0 Å². The van der Waals surface area contributed by atoms with Crippen molar-refractivity contribution >= 4 is 18.5 Å². The average molecular weight is 191 g/mol. The molecular weight excluding hydrogens is 182 g/mol. The number of rotatable bonds is 4. The van der Waals surface area contributed by atoms with Crippen LogP contribution in [0.2, 0.25) is 0 Å². The van der Waals surface area contributed by atoms with Crippen LogP contribution in [0.3, 0.4) is 0 Å². The summed E-state index contributed by atoms with van der Waals surface area (Å²) in [6.45, 7) is 0. The normalized spacial score (nSPS) is 9.71. The van der Waals surface area contributed by atoms with Crippen molar-refractivity contribution in [1.82, 2.24) is 5.48 Å². The molecule has 0 radical (unpaired) electrons. The molecule has 1 amide bonds. The van der Waals surface area contributed by atoms with Gasteiger partial charge in [0.2, 0.25) is 6.41 Å². The minimum Gasteiger partial charge on any atom is -0.336 e. The number of carbonyl (C=O) groups is 2. The van der Waals surface area contributed by atoms with Crippen LogP contribution < -0.4 is 5.48 Å². The number of hydroxylamine groups is 1. The Kier molecular flexibility index (Phi) is 3.94. The first kappa shape index (κ1) is 9.98. The molecule has 0 spiro atoms. The summed E-state index contributed by atoms with van der Waals surface area (Å²) >= 11 is 0. The highest BCUT2D eigenvalue weighted by atomic mass is 16.7. The van der Waals surface area contributed by atoms with Gasteiger partial charge in [-0.25, -0.2) is 4.79 Å². The summed E-state index contributed by atoms with van der Waals surface area (Å²) in [7, 11) is 0. The summed E-state index contributed by atoms with van der Waals surface area (Å²) in [4.78, 5) is 24.9. The second-order valence-electron chi connectivity index (χ2n) is 2.40. The summed E-state index contributed by atoms with van der Waals surface area (Å²) in [5.41, 5.74) is 2.69. The first-order valence-electron chi connectivity index (χ1n) is 3.96. The van der Waals surface area contributed by atoms with Crippen molar-refractivity contribution in [3.8, 4) is 0 Å². The Hall–Kier alpha value is -2.10. The smallest absolute Gasteiger partial charge is 0.336 e. The molecule has 1 rings (SSSR count). The molecule has 4 heteroatoms. The van der Waals surface area contributed by atoms with Gasteiger partial charge in [-0.15, -0.1) is 0 Å². The van der Waals surface area contributed by atoms with E-state index in [1.165, 1.54) is 6.08 Å². The van der Waals surface area contributed by atoms with E-state index in [2.05, 4.69) is 4.84 Å². The van der Waals surface area contributed by atoms with E-state index in [-0.39, 0.29) is 6.41 Å². The Morgan fingerprint density at radius 3 is 2.64 bits per heavy atom. The monoisotopic (exact) mass is 191 g/mol. The summed E-state index contributed by atoms with van der Waals surface area (Å²) in [6.07, 6.45) is 3.11. The highest BCUT2D eigenvalue weighted by molar-refractivity contribution is 5.87. The maximum atomic E-state index is 10.8. The molecule has 1 aromatic rings. The number of carbonyl (C=O) groups excluding carboxylic acids is 2. The van der Waals surface area contributed by atoms with Gasteiger partial charge >= 0.3 is 5.97 Å². The second kappa shape index (κ2) is 5.53. The molecule has 0 heterocycles. The Labute approximate surface area is 81.1 Å².